The van der Waals surface area contributed by atoms with Gasteiger partial charge in [0.25, 0.3) is 5.91 Å². The van der Waals surface area contributed by atoms with E-state index in [4.69, 9.17) is 20.7 Å². The molecule has 0 radical (unpaired) electrons. The molecular formula is C12H16N2O5. The Morgan fingerprint density at radius 2 is 2.16 bits per heavy atom. The summed E-state index contributed by atoms with van der Waals surface area (Å²) < 4.78 is 5.01. The first-order valence-electron chi connectivity index (χ1n) is 5.57. The Balaban J connectivity index is 2.91. The number of carbonyl (C=O) groups excluding carboxylic acids is 1. The van der Waals surface area contributed by atoms with Crippen molar-refractivity contribution in [1.29, 1.82) is 0 Å². The van der Waals surface area contributed by atoms with Crippen LogP contribution in [0, 0.1) is 0 Å². The van der Waals surface area contributed by atoms with Crippen molar-refractivity contribution in [1.82, 2.24) is 5.32 Å². The Morgan fingerprint density at radius 1 is 1.47 bits per heavy atom. The second-order valence-electron chi connectivity index (χ2n) is 3.84. The quantitative estimate of drug-likeness (QED) is 0.532. The van der Waals surface area contributed by atoms with E-state index in [1.54, 1.807) is 0 Å². The summed E-state index contributed by atoms with van der Waals surface area (Å²) in [5.74, 6) is -1.56. The molecule has 0 aliphatic heterocycles. The van der Waals surface area contributed by atoms with Gasteiger partial charge in [-0.05, 0) is 12.1 Å². The lowest BCUT2D eigenvalue weighted by Gasteiger charge is -2.15. The van der Waals surface area contributed by atoms with Crippen LogP contribution in [0.1, 0.15) is 16.8 Å². The lowest BCUT2D eigenvalue weighted by molar-refractivity contribution is -0.139. The van der Waals surface area contributed by atoms with Gasteiger partial charge in [0.05, 0.1) is 12.7 Å². The molecule has 104 valence electrons. The number of carbonyl (C=O) groups is 2. The van der Waals surface area contributed by atoms with Crippen molar-refractivity contribution in [2.45, 2.75) is 12.5 Å². The monoisotopic (exact) mass is 268 g/mol. The molecule has 0 aromatic heterocycles. The number of carboxylic acid groups (broad SMARTS) is 1. The van der Waals surface area contributed by atoms with Crippen molar-refractivity contribution < 1.29 is 24.5 Å². The highest BCUT2D eigenvalue weighted by Gasteiger charge is 2.21. The van der Waals surface area contributed by atoms with Crippen LogP contribution in [0.2, 0.25) is 0 Å². The smallest absolute Gasteiger partial charge is 0.326 e. The highest BCUT2D eigenvalue weighted by atomic mass is 16.5. The summed E-state index contributed by atoms with van der Waals surface area (Å²) in [5.41, 5.74) is 6.17. The number of nitrogen functional groups attached to an aromatic ring is 1. The van der Waals surface area contributed by atoms with Crippen molar-refractivity contribution in [2.75, 3.05) is 19.5 Å². The molecule has 1 aromatic rings. The second kappa shape index (κ2) is 6.60. The SMILES string of the molecule is COc1cc(N)ccc1C(=O)NC(CCO)C(=O)O. The summed E-state index contributed by atoms with van der Waals surface area (Å²) in [6.45, 7) is -0.337. The standard InChI is InChI=1S/C12H16N2O5/c1-19-10-6-7(13)2-3-8(10)11(16)14-9(4-5-15)12(17)18/h2-3,6,9,15H,4-5,13H2,1H3,(H,14,16)(H,17,18). The van der Waals surface area contributed by atoms with E-state index < -0.39 is 17.9 Å². The third kappa shape index (κ3) is 3.85. The van der Waals surface area contributed by atoms with Gasteiger partial charge in [0.1, 0.15) is 11.8 Å². The summed E-state index contributed by atoms with van der Waals surface area (Å²) >= 11 is 0. The Hall–Kier alpha value is -2.28. The molecule has 0 fully saturated rings. The lowest BCUT2D eigenvalue weighted by Crippen LogP contribution is -2.41. The Bertz CT molecular complexity index is 475. The van der Waals surface area contributed by atoms with Gasteiger partial charge in [-0.15, -0.1) is 0 Å². The number of nitrogens with one attached hydrogen (secondary N) is 1. The zero-order valence-electron chi connectivity index (χ0n) is 10.4. The molecule has 7 heteroatoms. The number of benzene rings is 1. The van der Waals surface area contributed by atoms with Crippen molar-refractivity contribution in [2.24, 2.45) is 0 Å². The van der Waals surface area contributed by atoms with E-state index in [0.29, 0.717) is 5.69 Å². The minimum absolute atomic E-state index is 0.0711. The lowest BCUT2D eigenvalue weighted by atomic mass is 10.1. The summed E-state index contributed by atoms with van der Waals surface area (Å²) in [6, 6.07) is 3.27. The van der Waals surface area contributed by atoms with Crippen LogP contribution in [0.3, 0.4) is 0 Å². The van der Waals surface area contributed by atoms with E-state index in [1.165, 1.54) is 25.3 Å². The van der Waals surface area contributed by atoms with Gasteiger partial charge < -0.3 is 26.0 Å². The Kier molecular flexibility index (Phi) is 5.13. The normalized spacial score (nSPS) is 11.7. The summed E-state index contributed by atoms with van der Waals surface area (Å²) in [5, 5.41) is 20.0. The van der Waals surface area contributed by atoms with E-state index in [-0.39, 0.29) is 24.3 Å². The maximum atomic E-state index is 11.9. The molecule has 0 spiro atoms. The van der Waals surface area contributed by atoms with Crippen LogP contribution in [-0.4, -0.2) is 41.8 Å². The number of amides is 1. The van der Waals surface area contributed by atoms with Crippen molar-refractivity contribution in [3.63, 3.8) is 0 Å². The zero-order valence-corrected chi connectivity index (χ0v) is 10.4. The number of aliphatic hydroxyl groups is 1. The topological polar surface area (TPSA) is 122 Å². The van der Waals surface area contributed by atoms with Crippen molar-refractivity contribution in [3.8, 4) is 5.75 Å². The second-order valence-corrected chi connectivity index (χ2v) is 3.84. The number of ether oxygens (including phenoxy) is 1. The number of nitrogens with two attached hydrogens (primary N) is 1. The number of carboxylic acids is 1. The third-order valence-corrected chi connectivity index (χ3v) is 2.49. The van der Waals surface area contributed by atoms with Gasteiger partial charge in [-0.1, -0.05) is 0 Å². The van der Waals surface area contributed by atoms with Crippen LogP contribution in [-0.2, 0) is 4.79 Å². The number of rotatable bonds is 6. The van der Waals surface area contributed by atoms with Gasteiger partial charge >= 0.3 is 5.97 Å². The van der Waals surface area contributed by atoms with Crippen LogP contribution < -0.4 is 15.8 Å². The molecule has 0 heterocycles. The van der Waals surface area contributed by atoms with Crippen molar-refractivity contribution in [3.05, 3.63) is 23.8 Å². The van der Waals surface area contributed by atoms with Gasteiger partial charge in [-0.25, -0.2) is 4.79 Å². The van der Waals surface area contributed by atoms with E-state index in [2.05, 4.69) is 5.32 Å². The van der Waals surface area contributed by atoms with Crippen LogP contribution in [0.5, 0.6) is 5.75 Å². The van der Waals surface area contributed by atoms with Gasteiger partial charge in [-0.2, -0.15) is 0 Å². The molecule has 5 N–H and O–H groups in total. The Labute approximate surface area is 110 Å². The third-order valence-electron chi connectivity index (χ3n) is 2.49. The first-order chi connectivity index (χ1) is 8.99. The molecule has 19 heavy (non-hydrogen) atoms. The summed E-state index contributed by atoms with van der Waals surface area (Å²) in [6.07, 6.45) is -0.0711. The Morgan fingerprint density at radius 3 is 2.68 bits per heavy atom. The first-order valence-corrected chi connectivity index (χ1v) is 5.57. The van der Waals surface area contributed by atoms with Gasteiger partial charge in [0.2, 0.25) is 0 Å². The van der Waals surface area contributed by atoms with Crippen LogP contribution in [0.15, 0.2) is 18.2 Å². The van der Waals surface area contributed by atoms with Gasteiger partial charge in [0.15, 0.2) is 0 Å². The van der Waals surface area contributed by atoms with Crippen LogP contribution in [0.25, 0.3) is 0 Å². The highest BCUT2D eigenvalue weighted by molar-refractivity contribution is 5.99. The van der Waals surface area contributed by atoms with Crippen LogP contribution in [0.4, 0.5) is 5.69 Å². The minimum Gasteiger partial charge on any atom is -0.496 e. The van der Waals surface area contributed by atoms with Gasteiger partial charge in [0, 0.05) is 24.8 Å². The molecule has 1 rings (SSSR count). The highest BCUT2D eigenvalue weighted by Crippen LogP contribution is 2.21. The van der Waals surface area contributed by atoms with Gasteiger partial charge in [-0.3, -0.25) is 4.79 Å². The predicted molar refractivity (Wildman–Crippen MR) is 68.0 cm³/mol. The number of anilines is 1. The fourth-order valence-electron chi connectivity index (χ4n) is 1.52. The summed E-state index contributed by atoms with van der Waals surface area (Å²) in [7, 11) is 1.38. The molecule has 1 atom stereocenters. The molecule has 0 aliphatic carbocycles. The molecule has 0 aliphatic rings. The fourth-order valence-corrected chi connectivity index (χ4v) is 1.52. The molecule has 1 unspecified atom stereocenters. The minimum atomic E-state index is -1.21. The average molecular weight is 268 g/mol. The fraction of sp³-hybridized carbons (Fsp3) is 0.333. The van der Waals surface area contributed by atoms with E-state index in [1.807, 2.05) is 0 Å². The van der Waals surface area contributed by atoms with Crippen LogP contribution >= 0.6 is 0 Å². The van der Waals surface area contributed by atoms with Crippen molar-refractivity contribution >= 4 is 17.6 Å². The number of aliphatic hydroxyl groups excluding tert-OH is 1. The predicted octanol–water partition coefficient (Wildman–Crippen LogP) is -0.157. The molecular weight excluding hydrogens is 252 g/mol. The van der Waals surface area contributed by atoms with E-state index in [0.717, 1.165) is 0 Å². The number of hydrogen-bond donors (Lipinski definition) is 4. The van der Waals surface area contributed by atoms with E-state index >= 15 is 0 Å². The zero-order chi connectivity index (χ0) is 14.4. The molecule has 0 bridgehead atoms. The number of aliphatic carboxylic acids is 1. The molecule has 1 aromatic carbocycles. The number of hydrogen-bond acceptors (Lipinski definition) is 5. The molecule has 0 saturated carbocycles. The maximum absolute atomic E-state index is 11.9. The average Bonchev–Trinajstić information content (AvgIpc) is 2.37. The molecule has 7 nitrogen and oxygen atoms in total. The summed E-state index contributed by atoms with van der Waals surface area (Å²) in [4.78, 5) is 22.8. The molecule has 0 saturated heterocycles. The largest absolute Gasteiger partial charge is 0.496 e. The van der Waals surface area contributed by atoms with E-state index in [9.17, 15) is 9.59 Å². The maximum Gasteiger partial charge on any atom is 0.326 e. The number of methoxy groups -OCH3 is 1. The molecule has 1 amide bonds. The first kappa shape index (κ1) is 14.8.